The van der Waals surface area contributed by atoms with Crippen LogP contribution in [0.2, 0.25) is 5.15 Å². The van der Waals surface area contributed by atoms with Gasteiger partial charge in [-0.1, -0.05) is 24.9 Å². The van der Waals surface area contributed by atoms with Crippen molar-refractivity contribution in [3.63, 3.8) is 0 Å². The minimum Gasteiger partial charge on any atom is -0.284 e. The number of halogens is 1. The van der Waals surface area contributed by atoms with Crippen LogP contribution in [0.25, 0.3) is 0 Å². The van der Waals surface area contributed by atoms with Crippen LogP contribution in [-0.4, -0.2) is 16.7 Å². The molecule has 3 nitrogen and oxygen atoms in total. The molecule has 1 aliphatic rings. The zero-order valence-corrected chi connectivity index (χ0v) is 10.5. The van der Waals surface area contributed by atoms with E-state index in [2.05, 4.69) is 23.0 Å². The molecule has 0 spiro atoms. The largest absolute Gasteiger partial charge is 0.284 e. The molecule has 17 heavy (non-hydrogen) atoms. The first-order valence-corrected chi connectivity index (χ1v) is 6.18. The van der Waals surface area contributed by atoms with E-state index in [1.807, 2.05) is 12.1 Å². The molecule has 1 saturated carbocycles. The first kappa shape index (κ1) is 12.1. The van der Waals surface area contributed by atoms with Gasteiger partial charge in [-0.25, -0.2) is 4.98 Å². The highest BCUT2D eigenvalue weighted by Gasteiger charge is 2.35. The highest BCUT2D eigenvalue weighted by molar-refractivity contribution is 6.33. The van der Waals surface area contributed by atoms with Crippen LogP contribution >= 0.6 is 11.6 Å². The molecule has 1 heterocycles. The Balaban J connectivity index is 2.24. The maximum absolute atomic E-state index is 8.85. The lowest BCUT2D eigenvalue weighted by Crippen LogP contribution is -2.04. The van der Waals surface area contributed by atoms with Crippen molar-refractivity contribution in [3.8, 4) is 6.07 Å². The summed E-state index contributed by atoms with van der Waals surface area (Å²) in [4.78, 5) is 8.66. The molecule has 0 N–H and O–H groups in total. The molecular weight excluding hydrogens is 234 g/mol. The van der Waals surface area contributed by atoms with Gasteiger partial charge in [0.05, 0.1) is 24.2 Å². The molecule has 2 atom stereocenters. The summed E-state index contributed by atoms with van der Waals surface area (Å²) in [7, 11) is 0. The molecule has 4 heteroatoms. The maximum Gasteiger partial charge on any atom is 0.138 e. The third-order valence-electron chi connectivity index (χ3n) is 3.05. The standard InChI is InChI=1S/C13H14ClN3/c1-2-9-8-12(9)17-11(5-6-15)10-4-3-7-16-13(10)14/h3-4,7,9,12H,2,5,8H2,1H3. The van der Waals surface area contributed by atoms with Gasteiger partial charge in [0.25, 0.3) is 0 Å². The van der Waals surface area contributed by atoms with E-state index >= 15 is 0 Å². The average molecular weight is 248 g/mol. The lowest BCUT2D eigenvalue weighted by Gasteiger charge is -2.04. The smallest absolute Gasteiger partial charge is 0.138 e. The SMILES string of the molecule is CCC1CC1N=C(CC#N)c1cccnc1Cl. The summed E-state index contributed by atoms with van der Waals surface area (Å²) in [5, 5.41) is 9.28. The Morgan fingerprint density at radius 1 is 1.71 bits per heavy atom. The zero-order valence-electron chi connectivity index (χ0n) is 9.73. The number of aliphatic imine (C=N–C) groups is 1. The van der Waals surface area contributed by atoms with Crippen LogP contribution in [0.15, 0.2) is 23.3 Å². The Hall–Kier alpha value is -1.40. The van der Waals surface area contributed by atoms with Crippen molar-refractivity contribution in [2.45, 2.75) is 32.2 Å². The Morgan fingerprint density at radius 3 is 3.12 bits per heavy atom. The second-order valence-electron chi connectivity index (χ2n) is 4.22. The van der Waals surface area contributed by atoms with Gasteiger partial charge in [0.15, 0.2) is 0 Å². The first-order chi connectivity index (χ1) is 8.26. The number of hydrogen-bond donors (Lipinski definition) is 0. The second kappa shape index (κ2) is 5.29. The maximum atomic E-state index is 8.85. The molecular formula is C13H14ClN3. The predicted octanol–water partition coefficient (Wildman–Crippen LogP) is 3.24. The quantitative estimate of drug-likeness (QED) is 0.606. The van der Waals surface area contributed by atoms with Gasteiger partial charge < -0.3 is 0 Å². The summed E-state index contributed by atoms with van der Waals surface area (Å²) in [6.07, 6.45) is 4.21. The van der Waals surface area contributed by atoms with E-state index in [1.165, 1.54) is 0 Å². The lowest BCUT2D eigenvalue weighted by atomic mass is 10.1. The monoisotopic (exact) mass is 247 g/mol. The van der Waals surface area contributed by atoms with Crippen molar-refractivity contribution in [2.24, 2.45) is 10.9 Å². The van der Waals surface area contributed by atoms with Crippen LogP contribution in [0.3, 0.4) is 0 Å². The molecule has 1 aromatic heterocycles. The number of nitrogens with zero attached hydrogens (tertiary/aromatic N) is 3. The van der Waals surface area contributed by atoms with Gasteiger partial charge >= 0.3 is 0 Å². The molecule has 0 aliphatic heterocycles. The second-order valence-corrected chi connectivity index (χ2v) is 4.58. The molecule has 2 unspecified atom stereocenters. The molecule has 0 aromatic carbocycles. The third-order valence-corrected chi connectivity index (χ3v) is 3.35. The molecule has 1 aromatic rings. The van der Waals surface area contributed by atoms with Crippen LogP contribution in [0.5, 0.6) is 0 Å². The Labute approximate surface area is 106 Å². The third kappa shape index (κ3) is 2.83. The van der Waals surface area contributed by atoms with Crippen molar-refractivity contribution in [1.29, 1.82) is 5.26 Å². The molecule has 88 valence electrons. The molecule has 2 rings (SSSR count). The minimum atomic E-state index is 0.290. The summed E-state index contributed by atoms with van der Waals surface area (Å²) < 4.78 is 0. The van der Waals surface area contributed by atoms with Crippen molar-refractivity contribution in [1.82, 2.24) is 4.98 Å². The number of nitriles is 1. The van der Waals surface area contributed by atoms with Crippen LogP contribution in [0.4, 0.5) is 0 Å². The van der Waals surface area contributed by atoms with E-state index in [0.717, 1.165) is 24.1 Å². The van der Waals surface area contributed by atoms with Gasteiger partial charge in [0, 0.05) is 11.8 Å². The Kier molecular flexibility index (Phi) is 3.75. The Bertz CT molecular complexity index is 476. The molecule has 1 aliphatic carbocycles. The van der Waals surface area contributed by atoms with E-state index in [1.54, 1.807) is 6.20 Å². The minimum absolute atomic E-state index is 0.290. The van der Waals surface area contributed by atoms with Crippen molar-refractivity contribution in [3.05, 3.63) is 29.0 Å². The van der Waals surface area contributed by atoms with Crippen LogP contribution in [-0.2, 0) is 0 Å². The number of rotatable bonds is 4. The number of hydrogen-bond acceptors (Lipinski definition) is 3. The first-order valence-electron chi connectivity index (χ1n) is 5.80. The van der Waals surface area contributed by atoms with Gasteiger partial charge in [-0.15, -0.1) is 0 Å². The van der Waals surface area contributed by atoms with E-state index in [-0.39, 0.29) is 0 Å². The van der Waals surface area contributed by atoms with Crippen molar-refractivity contribution >= 4 is 17.3 Å². The summed E-state index contributed by atoms with van der Waals surface area (Å²) in [5.74, 6) is 0.680. The van der Waals surface area contributed by atoms with Crippen LogP contribution in [0, 0.1) is 17.2 Å². The average Bonchev–Trinajstić information content (AvgIpc) is 3.08. The van der Waals surface area contributed by atoms with Gasteiger partial charge in [0.2, 0.25) is 0 Å². The highest BCUT2D eigenvalue weighted by atomic mass is 35.5. The molecule has 0 saturated heterocycles. The van der Waals surface area contributed by atoms with E-state index < -0.39 is 0 Å². The number of pyridine rings is 1. The van der Waals surface area contributed by atoms with Gasteiger partial charge in [-0.3, -0.25) is 4.99 Å². The summed E-state index contributed by atoms with van der Waals surface area (Å²) in [5.41, 5.74) is 1.56. The van der Waals surface area contributed by atoms with Gasteiger partial charge in [-0.05, 0) is 24.5 Å². The summed E-state index contributed by atoms with van der Waals surface area (Å²) in [6.45, 7) is 2.17. The van der Waals surface area contributed by atoms with Crippen molar-refractivity contribution < 1.29 is 0 Å². The molecule has 1 fully saturated rings. The zero-order chi connectivity index (χ0) is 12.3. The van der Waals surface area contributed by atoms with Crippen LogP contribution in [0.1, 0.15) is 31.7 Å². The fraction of sp³-hybridized carbons (Fsp3) is 0.462. The molecule has 0 bridgehead atoms. The van der Waals surface area contributed by atoms with E-state index in [0.29, 0.717) is 23.5 Å². The van der Waals surface area contributed by atoms with Gasteiger partial charge in [0.1, 0.15) is 5.15 Å². The van der Waals surface area contributed by atoms with Gasteiger partial charge in [-0.2, -0.15) is 5.26 Å². The fourth-order valence-electron chi connectivity index (χ4n) is 1.92. The predicted molar refractivity (Wildman–Crippen MR) is 68.2 cm³/mol. The summed E-state index contributed by atoms with van der Waals surface area (Å²) in [6, 6.07) is 6.20. The number of aromatic nitrogens is 1. The highest BCUT2D eigenvalue weighted by Crippen LogP contribution is 2.37. The Morgan fingerprint density at radius 2 is 2.53 bits per heavy atom. The van der Waals surface area contributed by atoms with Crippen molar-refractivity contribution in [2.75, 3.05) is 0 Å². The lowest BCUT2D eigenvalue weighted by molar-refractivity contribution is 0.759. The molecule has 0 amide bonds. The fourth-order valence-corrected chi connectivity index (χ4v) is 2.14. The normalized spacial score (nSPS) is 23.2. The summed E-state index contributed by atoms with van der Waals surface area (Å²) >= 11 is 6.03. The van der Waals surface area contributed by atoms with E-state index in [4.69, 9.17) is 16.9 Å². The topological polar surface area (TPSA) is 49.0 Å². The van der Waals surface area contributed by atoms with E-state index in [9.17, 15) is 0 Å². The van der Waals surface area contributed by atoms with Crippen LogP contribution < -0.4 is 0 Å². The molecule has 0 radical (unpaired) electrons.